The zero-order valence-corrected chi connectivity index (χ0v) is 14.6. The molecule has 138 valence electrons. The van der Waals surface area contributed by atoms with Crippen LogP contribution in [0, 0.1) is 23.7 Å². The first-order valence-corrected chi connectivity index (χ1v) is 9.72. The molecule has 3 aliphatic rings. The van der Waals surface area contributed by atoms with E-state index in [2.05, 4.69) is 0 Å². The highest BCUT2D eigenvalue weighted by Gasteiger charge is 2.72. The number of aliphatic carboxylic acids is 1. The van der Waals surface area contributed by atoms with Gasteiger partial charge in [-0.2, -0.15) is 0 Å². The lowest BCUT2D eigenvalue weighted by atomic mass is 9.78. The fourth-order valence-corrected chi connectivity index (χ4v) is 6.62. The molecule has 0 radical (unpaired) electrons. The van der Waals surface area contributed by atoms with Crippen LogP contribution in [-0.4, -0.2) is 47.8 Å². The maximum Gasteiger partial charge on any atom is 0.307 e. The molecular formula is C17H17NO7S. The molecule has 1 aromatic rings. The molecule has 1 aliphatic heterocycles. The summed E-state index contributed by atoms with van der Waals surface area (Å²) in [4.78, 5) is 36.1. The standard InChI is InChI=1S/C17H17NO7S/c1-8(19)25-15-11-7-10-12(13(11)17(21)22)16(20)18(14(10)15)26(23,24)9-5-3-2-4-6-9/h2-6,10-15H,7H2,1H3,(H,21,22). The summed E-state index contributed by atoms with van der Waals surface area (Å²) in [5.41, 5.74) is 0. The molecule has 1 N–H and O–H groups in total. The van der Waals surface area contributed by atoms with E-state index in [9.17, 15) is 27.9 Å². The fraction of sp³-hybridized carbons (Fsp3) is 0.471. The number of rotatable bonds is 4. The van der Waals surface area contributed by atoms with Crippen LogP contribution in [0.25, 0.3) is 0 Å². The number of amides is 1. The smallest absolute Gasteiger partial charge is 0.307 e. The second kappa shape index (κ2) is 5.54. The third-order valence-electron chi connectivity index (χ3n) is 5.71. The molecule has 4 rings (SSSR count). The Morgan fingerprint density at radius 1 is 1.19 bits per heavy atom. The quantitative estimate of drug-likeness (QED) is 0.756. The highest BCUT2D eigenvalue weighted by atomic mass is 32.2. The summed E-state index contributed by atoms with van der Waals surface area (Å²) in [6.45, 7) is 1.19. The van der Waals surface area contributed by atoms with Crippen LogP contribution < -0.4 is 0 Å². The van der Waals surface area contributed by atoms with Crippen molar-refractivity contribution in [2.24, 2.45) is 23.7 Å². The molecule has 1 aromatic carbocycles. The van der Waals surface area contributed by atoms with E-state index in [1.165, 1.54) is 19.1 Å². The van der Waals surface area contributed by atoms with Crippen molar-refractivity contribution in [3.05, 3.63) is 30.3 Å². The topological polar surface area (TPSA) is 118 Å². The Hall–Kier alpha value is -2.42. The van der Waals surface area contributed by atoms with Crippen LogP contribution >= 0.6 is 0 Å². The van der Waals surface area contributed by atoms with Crippen molar-refractivity contribution in [2.75, 3.05) is 0 Å². The normalized spacial score (nSPS) is 35.0. The lowest BCUT2D eigenvalue weighted by Crippen LogP contribution is -2.48. The summed E-state index contributed by atoms with van der Waals surface area (Å²) in [7, 11) is -4.17. The van der Waals surface area contributed by atoms with E-state index in [-0.39, 0.29) is 4.90 Å². The van der Waals surface area contributed by atoms with Crippen molar-refractivity contribution in [3.8, 4) is 0 Å². The van der Waals surface area contributed by atoms with Gasteiger partial charge in [0.1, 0.15) is 6.10 Å². The molecule has 1 heterocycles. The number of nitrogens with zero attached hydrogens (tertiary/aromatic N) is 1. The highest BCUT2D eigenvalue weighted by molar-refractivity contribution is 7.89. The molecule has 2 aliphatic carbocycles. The van der Waals surface area contributed by atoms with Gasteiger partial charge in [-0.15, -0.1) is 0 Å². The minimum Gasteiger partial charge on any atom is -0.481 e. The molecule has 9 heteroatoms. The molecule has 1 saturated heterocycles. The number of carboxylic acid groups (broad SMARTS) is 1. The van der Waals surface area contributed by atoms with Crippen LogP contribution in [0.2, 0.25) is 0 Å². The van der Waals surface area contributed by atoms with Crippen LogP contribution in [0.4, 0.5) is 0 Å². The predicted octanol–water partition coefficient (Wildman–Crippen LogP) is 0.484. The van der Waals surface area contributed by atoms with E-state index in [0.717, 1.165) is 4.31 Å². The van der Waals surface area contributed by atoms with Crippen molar-refractivity contribution in [2.45, 2.75) is 30.4 Å². The van der Waals surface area contributed by atoms with Crippen LogP contribution in [0.3, 0.4) is 0 Å². The second-order valence-corrected chi connectivity index (χ2v) is 8.78. The minimum absolute atomic E-state index is 0.0495. The lowest BCUT2D eigenvalue weighted by Gasteiger charge is -2.32. The zero-order valence-electron chi connectivity index (χ0n) is 13.8. The lowest BCUT2D eigenvalue weighted by molar-refractivity contribution is -0.158. The zero-order chi connectivity index (χ0) is 18.8. The van der Waals surface area contributed by atoms with Gasteiger partial charge in [0.05, 0.1) is 22.8 Å². The second-order valence-electron chi connectivity index (χ2n) is 6.97. The summed E-state index contributed by atoms with van der Waals surface area (Å²) in [5.74, 6) is -5.44. The van der Waals surface area contributed by atoms with E-state index in [1.54, 1.807) is 18.2 Å². The molecule has 0 aromatic heterocycles. The molecule has 1 amide bonds. The molecule has 0 spiro atoms. The van der Waals surface area contributed by atoms with Gasteiger partial charge in [-0.1, -0.05) is 18.2 Å². The number of sulfonamides is 1. The van der Waals surface area contributed by atoms with Gasteiger partial charge in [0.25, 0.3) is 10.0 Å². The van der Waals surface area contributed by atoms with E-state index < -0.39 is 63.7 Å². The van der Waals surface area contributed by atoms with Gasteiger partial charge < -0.3 is 9.84 Å². The molecular weight excluding hydrogens is 362 g/mol. The van der Waals surface area contributed by atoms with Crippen molar-refractivity contribution >= 4 is 27.9 Å². The van der Waals surface area contributed by atoms with Gasteiger partial charge in [-0.05, 0) is 24.5 Å². The van der Waals surface area contributed by atoms with E-state index in [4.69, 9.17) is 4.74 Å². The first-order chi connectivity index (χ1) is 12.2. The van der Waals surface area contributed by atoms with Gasteiger partial charge in [0.15, 0.2) is 0 Å². The number of fused-ring (bicyclic) bond motifs is 1. The Bertz CT molecular complexity index is 897. The largest absolute Gasteiger partial charge is 0.481 e. The third-order valence-corrected chi connectivity index (χ3v) is 7.52. The molecule has 6 unspecified atom stereocenters. The number of benzene rings is 1. The van der Waals surface area contributed by atoms with Crippen LogP contribution in [-0.2, 0) is 29.1 Å². The van der Waals surface area contributed by atoms with Gasteiger partial charge >= 0.3 is 11.9 Å². The third kappa shape index (κ3) is 2.13. The average molecular weight is 379 g/mol. The number of hydrogen-bond acceptors (Lipinski definition) is 6. The summed E-state index contributed by atoms with van der Waals surface area (Å²) < 4.78 is 32.2. The van der Waals surface area contributed by atoms with Crippen molar-refractivity contribution in [1.29, 1.82) is 0 Å². The van der Waals surface area contributed by atoms with Crippen molar-refractivity contribution < 1.29 is 32.6 Å². The average Bonchev–Trinajstić information content (AvgIpc) is 3.17. The van der Waals surface area contributed by atoms with Gasteiger partial charge in [0, 0.05) is 12.8 Å². The highest BCUT2D eigenvalue weighted by Crippen LogP contribution is 2.60. The van der Waals surface area contributed by atoms with E-state index in [1.807, 2.05) is 0 Å². The van der Waals surface area contributed by atoms with Crippen LogP contribution in [0.15, 0.2) is 35.2 Å². The Morgan fingerprint density at radius 2 is 1.85 bits per heavy atom. The summed E-state index contributed by atoms with van der Waals surface area (Å²) in [6, 6.07) is 6.66. The number of carboxylic acids is 1. The maximum absolute atomic E-state index is 13.1. The first kappa shape index (κ1) is 17.0. The maximum atomic E-state index is 13.1. The van der Waals surface area contributed by atoms with E-state index in [0.29, 0.717) is 6.42 Å². The van der Waals surface area contributed by atoms with Crippen LogP contribution in [0.1, 0.15) is 13.3 Å². The summed E-state index contributed by atoms with van der Waals surface area (Å²) in [5, 5.41) is 9.57. The monoisotopic (exact) mass is 379 g/mol. The van der Waals surface area contributed by atoms with Crippen molar-refractivity contribution in [1.82, 2.24) is 4.31 Å². The first-order valence-electron chi connectivity index (χ1n) is 8.28. The van der Waals surface area contributed by atoms with Gasteiger partial charge in [-0.3, -0.25) is 14.4 Å². The SMILES string of the molecule is CC(=O)OC1C2CC3C(C(=O)N(S(=O)(=O)c4ccccc4)C31)C2C(=O)O. The molecule has 6 atom stereocenters. The summed E-state index contributed by atoms with van der Waals surface area (Å²) >= 11 is 0. The predicted molar refractivity (Wildman–Crippen MR) is 86.0 cm³/mol. The molecule has 2 bridgehead atoms. The Kier molecular flexibility index (Phi) is 3.62. The van der Waals surface area contributed by atoms with Crippen molar-refractivity contribution in [3.63, 3.8) is 0 Å². The van der Waals surface area contributed by atoms with E-state index >= 15 is 0 Å². The number of carbonyl (C=O) groups excluding carboxylic acids is 2. The van der Waals surface area contributed by atoms with Gasteiger partial charge in [0.2, 0.25) is 5.91 Å². The van der Waals surface area contributed by atoms with Gasteiger partial charge in [-0.25, -0.2) is 12.7 Å². The molecule has 2 saturated carbocycles. The molecule has 8 nitrogen and oxygen atoms in total. The minimum atomic E-state index is -4.17. The Labute approximate surface area is 149 Å². The summed E-state index contributed by atoms with van der Waals surface area (Å²) in [6.07, 6.45) is -0.573. The Morgan fingerprint density at radius 3 is 2.42 bits per heavy atom. The fourth-order valence-electron chi connectivity index (χ4n) is 4.94. The molecule has 26 heavy (non-hydrogen) atoms. The number of hydrogen-bond donors (Lipinski definition) is 1. The number of carbonyl (C=O) groups is 3. The number of ether oxygens (including phenoxy) is 1. The Balaban J connectivity index is 1.82. The van der Waals surface area contributed by atoms with Crippen LogP contribution in [0.5, 0.6) is 0 Å². The number of esters is 1. The molecule has 3 fully saturated rings.